The molecule has 110 valence electrons. The molecule has 1 aromatic carbocycles. The number of anilines is 1. The SMILES string of the molecule is C=CCOCCN(CCOCC=C)c1cccc(C)c1. The molecule has 0 fully saturated rings. The van der Waals surface area contributed by atoms with Gasteiger partial charge in [-0.15, -0.1) is 13.2 Å². The number of nitrogens with zero attached hydrogens (tertiary/aromatic N) is 1. The van der Waals surface area contributed by atoms with Crippen molar-refractivity contribution >= 4 is 5.69 Å². The lowest BCUT2D eigenvalue weighted by molar-refractivity contribution is 0.155. The van der Waals surface area contributed by atoms with Crippen LogP contribution < -0.4 is 4.90 Å². The molecule has 20 heavy (non-hydrogen) atoms. The van der Waals surface area contributed by atoms with E-state index in [1.54, 1.807) is 12.2 Å². The van der Waals surface area contributed by atoms with Crippen LogP contribution in [-0.2, 0) is 9.47 Å². The van der Waals surface area contributed by atoms with Gasteiger partial charge in [-0.2, -0.15) is 0 Å². The second-order valence-corrected chi connectivity index (χ2v) is 4.55. The molecule has 0 atom stereocenters. The van der Waals surface area contributed by atoms with Gasteiger partial charge in [-0.3, -0.25) is 0 Å². The summed E-state index contributed by atoms with van der Waals surface area (Å²) in [5.41, 5.74) is 2.46. The van der Waals surface area contributed by atoms with E-state index in [1.807, 2.05) is 0 Å². The lowest BCUT2D eigenvalue weighted by Crippen LogP contribution is -2.31. The summed E-state index contributed by atoms with van der Waals surface area (Å²) in [7, 11) is 0. The van der Waals surface area contributed by atoms with E-state index in [0.29, 0.717) is 26.4 Å². The predicted octanol–water partition coefficient (Wildman–Crippen LogP) is 3.21. The first kappa shape index (κ1) is 16.5. The average molecular weight is 275 g/mol. The van der Waals surface area contributed by atoms with Gasteiger partial charge >= 0.3 is 0 Å². The van der Waals surface area contributed by atoms with Crippen LogP contribution in [0.3, 0.4) is 0 Å². The Balaban J connectivity index is 2.53. The zero-order valence-electron chi connectivity index (χ0n) is 12.4. The molecule has 0 aliphatic carbocycles. The van der Waals surface area contributed by atoms with Crippen LogP contribution in [0.25, 0.3) is 0 Å². The second-order valence-electron chi connectivity index (χ2n) is 4.55. The Kier molecular flexibility index (Phi) is 8.43. The van der Waals surface area contributed by atoms with Gasteiger partial charge in [0.05, 0.1) is 26.4 Å². The summed E-state index contributed by atoms with van der Waals surface area (Å²) in [5, 5.41) is 0. The van der Waals surface area contributed by atoms with E-state index in [2.05, 4.69) is 49.2 Å². The molecule has 0 aliphatic heterocycles. The molecule has 0 radical (unpaired) electrons. The van der Waals surface area contributed by atoms with Crippen LogP contribution >= 0.6 is 0 Å². The van der Waals surface area contributed by atoms with Gasteiger partial charge in [0.15, 0.2) is 0 Å². The summed E-state index contributed by atoms with van der Waals surface area (Å²) in [6.07, 6.45) is 3.54. The van der Waals surface area contributed by atoms with E-state index in [9.17, 15) is 0 Å². The van der Waals surface area contributed by atoms with Gasteiger partial charge in [0.25, 0.3) is 0 Å². The molecule has 3 nitrogen and oxygen atoms in total. The maximum atomic E-state index is 5.48. The fraction of sp³-hybridized carbons (Fsp3) is 0.412. The van der Waals surface area contributed by atoms with Gasteiger partial charge < -0.3 is 14.4 Å². The lowest BCUT2D eigenvalue weighted by Gasteiger charge is -2.25. The molecule has 0 N–H and O–H groups in total. The minimum Gasteiger partial charge on any atom is -0.376 e. The van der Waals surface area contributed by atoms with Crippen molar-refractivity contribution < 1.29 is 9.47 Å². The van der Waals surface area contributed by atoms with Gasteiger partial charge in [0.1, 0.15) is 0 Å². The molecule has 0 spiro atoms. The zero-order valence-corrected chi connectivity index (χ0v) is 12.4. The number of rotatable bonds is 11. The average Bonchev–Trinajstić information content (AvgIpc) is 2.45. The first-order valence-corrected chi connectivity index (χ1v) is 6.97. The maximum Gasteiger partial charge on any atom is 0.0645 e. The Morgan fingerprint density at radius 2 is 1.65 bits per heavy atom. The quantitative estimate of drug-likeness (QED) is 0.457. The molecule has 0 aromatic heterocycles. The van der Waals surface area contributed by atoms with Crippen LogP contribution in [0.1, 0.15) is 5.56 Å². The highest BCUT2D eigenvalue weighted by Crippen LogP contribution is 2.15. The molecule has 3 heteroatoms. The fourth-order valence-electron chi connectivity index (χ4n) is 1.88. The van der Waals surface area contributed by atoms with Crippen LogP contribution in [0.5, 0.6) is 0 Å². The Labute approximate surface area is 122 Å². The Morgan fingerprint density at radius 1 is 1.05 bits per heavy atom. The van der Waals surface area contributed by atoms with Crippen LogP contribution in [0.2, 0.25) is 0 Å². The van der Waals surface area contributed by atoms with Gasteiger partial charge in [0.2, 0.25) is 0 Å². The zero-order chi connectivity index (χ0) is 14.6. The van der Waals surface area contributed by atoms with Gasteiger partial charge in [-0.05, 0) is 24.6 Å². The van der Waals surface area contributed by atoms with E-state index in [0.717, 1.165) is 13.1 Å². The van der Waals surface area contributed by atoms with Crippen LogP contribution in [0, 0.1) is 6.92 Å². The van der Waals surface area contributed by atoms with E-state index in [1.165, 1.54) is 11.3 Å². The molecule has 0 aliphatic rings. The molecular weight excluding hydrogens is 250 g/mol. The molecule has 0 amide bonds. The predicted molar refractivity (Wildman–Crippen MR) is 85.4 cm³/mol. The van der Waals surface area contributed by atoms with Crippen LogP contribution in [0.15, 0.2) is 49.6 Å². The van der Waals surface area contributed by atoms with Crippen molar-refractivity contribution in [3.63, 3.8) is 0 Å². The minimum atomic E-state index is 0.592. The highest BCUT2D eigenvalue weighted by Gasteiger charge is 2.06. The molecule has 1 rings (SSSR count). The summed E-state index contributed by atoms with van der Waals surface area (Å²) in [4.78, 5) is 2.28. The normalized spacial score (nSPS) is 10.2. The van der Waals surface area contributed by atoms with E-state index >= 15 is 0 Å². The summed E-state index contributed by atoms with van der Waals surface area (Å²) in [6.45, 7) is 13.6. The molecule has 0 saturated carbocycles. The highest BCUT2D eigenvalue weighted by molar-refractivity contribution is 5.48. The number of benzene rings is 1. The van der Waals surface area contributed by atoms with Crippen molar-refractivity contribution in [3.8, 4) is 0 Å². The van der Waals surface area contributed by atoms with E-state index in [4.69, 9.17) is 9.47 Å². The Hall–Kier alpha value is -1.58. The van der Waals surface area contributed by atoms with Crippen molar-refractivity contribution in [1.29, 1.82) is 0 Å². The van der Waals surface area contributed by atoms with Crippen molar-refractivity contribution in [2.75, 3.05) is 44.4 Å². The third-order valence-corrected chi connectivity index (χ3v) is 2.85. The first-order valence-electron chi connectivity index (χ1n) is 6.97. The maximum absolute atomic E-state index is 5.48. The van der Waals surface area contributed by atoms with Gasteiger partial charge in [-0.25, -0.2) is 0 Å². The summed E-state index contributed by atoms with van der Waals surface area (Å²) >= 11 is 0. The molecule has 1 aromatic rings. The molecule has 0 unspecified atom stereocenters. The van der Waals surface area contributed by atoms with Crippen molar-refractivity contribution in [2.24, 2.45) is 0 Å². The lowest BCUT2D eigenvalue weighted by atomic mass is 10.2. The second kappa shape index (κ2) is 10.2. The largest absolute Gasteiger partial charge is 0.376 e. The summed E-state index contributed by atoms with van der Waals surface area (Å²) < 4.78 is 11.0. The molecule has 0 saturated heterocycles. The number of hydrogen-bond donors (Lipinski definition) is 0. The van der Waals surface area contributed by atoms with Crippen LogP contribution in [0.4, 0.5) is 5.69 Å². The summed E-state index contributed by atoms with van der Waals surface area (Å²) in [5.74, 6) is 0. The third-order valence-electron chi connectivity index (χ3n) is 2.85. The van der Waals surface area contributed by atoms with E-state index in [-0.39, 0.29) is 0 Å². The smallest absolute Gasteiger partial charge is 0.0645 e. The molecule has 0 bridgehead atoms. The van der Waals surface area contributed by atoms with Gasteiger partial charge in [0, 0.05) is 18.8 Å². The number of aryl methyl sites for hydroxylation is 1. The van der Waals surface area contributed by atoms with Crippen LogP contribution in [-0.4, -0.2) is 39.5 Å². The molecule has 0 heterocycles. The number of hydrogen-bond acceptors (Lipinski definition) is 3. The monoisotopic (exact) mass is 275 g/mol. The fourth-order valence-corrected chi connectivity index (χ4v) is 1.88. The minimum absolute atomic E-state index is 0.592. The van der Waals surface area contributed by atoms with Crippen molar-refractivity contribution in [1.82, 2.24) is 0 Å². The highest BCUT2D eigenvalue weighted by atomic mass is 16.5. The topological polar surface area (TPSA) is 21.7 Å². The Morgan fingerprint density at radius 3 is 2.15 bits per heavy atom. The Bertz CT molecular complexity index is 388. The first-order chi connectivity index (χ1) is 9.77. The third kappa shape index (κ3) is 6.55. The summed E-state index contributed by atoms with van der Waals surface area (Å²) in [6, 6.07) is 8.48. The van der Waals surface area contributed by atoms with Crippen molar-refractivity contribution in [3.05, 3.63) is 55.1 Å². The molecular formula is C17H25NO2. The van der Waals surface area contributed by atoms with E-state index < -0.39 is 0 Å². The van der Waals surface area contributed by atoms with Gasteiger partial charge in [-0.1, -0.05) is 24.3 Å². The standard InChI is InChI=1S/C17H25NO2/c1-4-11-19-13-9-18(10-14-20-12-5-2)17-8-6-7-16(3)15-17/h4-8,15H,1-2,9-14H2,3H3. The van der Waals surface area contributed by atoms with Crippen molar-refractivity contribution in [2.45, 2.75) is 6.92 Å². The number of ether oxygens (including phenoxy) is 2.